The zero-order valence-corrected chi connectivity index (χ0v) is 18.7. The van der Waals surface area contributed by atoms with Crippen LogP contribution in [0, 0.1) is 5.92 Å². The molecule has 9 heteroatoms. The molecule has 1 aromatic rings. The third-order valence-corrected chi connectivity index (χ3v) is 5.10. The van der Waals surface area contributed by atoms with E-state index in [4.69, 9.17) is 17.3 Å². The molecule has 0 aliphatic heterocycles. The van der Waals surface area contributed by atoms with Crippen LogP contribution in [-0.2, 0) is 14.4 Å². The number of nitrogens with one attached hydrogen (secondary N) is 3. The van der Waals surface area contributed by atoms with Gasteiger partial charge in [0.25, 0.3) is 0 Å². The van der Waals surface area contributed by atoms with Crippen LogP contribution < -0.4 is 21.7 Å². The lowest BCUT2D eigenvalue weighted by Gasteiger charge is -2.27. The van der Waals surface area contributed by atoms with Crippen molar-refractivity contribution in [3.8, 4) is 0 Å². The van der Waals surface area contributed by atoms with Gasteiger partial charge in [0.15, 0.2) is 5.78 Å². The number of benzene rings is 1. The summed E-state index contributed by atoms with van der Waals surface area (Å²) in [4.78, 5) is 38.1. The summed E-state index contributed by atoms with van der Waals surface area (Å²) < 4.78 is 0. The minimum absolute atomic E-state index is 0.148. The van der Waals surface area contributed by atoms with Crippen molar-refractivity contribution in [1.29, 1.82) is 0 Å². The molecule has 0 heterocycles. The number of Topliss-reactive ketones (excluding diaryl/α,β-unsaturated/α-hetero) is 1. The largest absolute Gasteiger partial charge is 0.391 e. The van der Waals surface area contributed by atoms with Gasteiger partial charge in [-0.3, -0.25) is 14.4 Å². The fraction of sp³-hybridized carbons (Fsp3) is 0.571. The molecule has 168 valence electrons. The van der Waals surface area contributed by atoms with E-state index >= 15 is 0 Å². The van der Waals surface area contributed by atoms with Crippen molar-refractivity contribution < 1.29 is 19.5 Å². The van der Waals surface area contributed by atoms with Crippen LogP contribution in [0.15, 0.2) is 24.3 Å². The van der Waals surface area contributed by atoms with Crippen LogP contribution in [0.5, 0.6) is 0 Å². The Morgan fingerprint density at radius 2 is 1.73 bits per heavy atom. The molecule has 6 N–H and O–H groups in total. The molecule has 0 fully saturated rings. The van der Waals surface area contributed by atoms with Crippen LogP contribution in [0.4, 0.5) is 0 Å². The number of amides is 2. The van der Waals surface area contributed by atoms with E-state index in [1.165, 1.54) is 6.92 Å². The zero-order valence-electron chi connectivity index (χ0n) is 17.9. The van der Waals surface area contributed by atoms with Gasteiger partial charge in [-0.15, -0.1) is 0 Å². The third-order valence-electron chi connectivity index (χ3n) is 4.75. The van der Waals surface area contributed by atoms with Gasteiger partial charge in [-0.1, -0.05) is 43.6 Å². The molecule has 0 spiro atoms. The van der Waals surface area contributed by atoms with Crippen LogP contribution in [0.2, 0.25) is 5.02 Å². The molecular formula is C21H33ClN4O4. The standard InChI is InChI=1S/C21H33ClN4O4/c1-12(2)19(28)17(11-24-4)25-21(30)18(13(3)27)26-20(29)15(9-10-23)14-7-5-6-8-16(14)22/h5-8,12-13,15,17-18,24,27H,9-11,23H2,1-4H3,(H,25,30)(H,26,29)/t13?,15?,17-,18-/m0/s1. The monoisotopic (exact) mass is 440 g/mol. The van der Waals surface area contributed by atoms with Gasteiger partial charge in [0.1, 0.15) is 12.1 Å². The summed E-state index contributed by atoms with van der Waals surface area (Å²) in [5, 5.41) is 18.6. The van der Waals surface area contributed by atoms with Crippen LogP contribution >= 0.6 is 11.6 Å². The second kappa shape index (κ2) is 12.6. The summed E-state index contributed by atoms with van der Waals surface area (Å²) in [5.74, 6) is -2.22. The van der Waals surface area contributed by atoms with E-state index in [0.29, 0.717) is 17.0 Å². The Hall–Kier alpha value is -2.00. The number of carbonyl (C=O) groups excluding carboxylic acids is 3. The molecule has 0 saturated heterocycles. The molecule has 2 unspecified atom stereocenters. The number of aliphatic hydroxyl groups excluding tert-OH is 1. The van der Waals surface area contributed by atoms with Gasteiger partial charge in [0, 0.05) is 17.5 Å². The first-order valence-corrected chi connectivity index (χ1v) is 10.4. The molecule has 0 aliphatic rings. The summed E-state index contributed by atoms with van der Waals surface area (Å²) in [6.07, 6.45) is -0.860. The molecule has 8 nitrogen and oxygen atoms in total. The lowest BCUT2D eigenvalue weighted by molar-refractivity contribution is -0.134. The number of likely N-dealkylation sites (N-methyl/N-ethyl adjacent to an activating group) is 1. The highest BCUT2D eigenvalue weighted by atomic mass is 35.5. The second-order valence-corrected chi connectivity index (χ2v) is 7.96. The van der Waals surface area contributed by atoms with Crippen molar-refractivity contribution in [2.75, 3.05) is 20.1 Å². The number of nitrogens with two attached hydrogens (primary N) is 1. The van der Waals surface area contributed by atoms with Crippen molar-refractivity contribution in [2.45, 2.75) is 51.3 Å². The number of ketones is 1. The Bertz CT molecular complexity index is 727. The van der Waals surface area contributed by atoms with Crippen LogP contribution in [-0.4, -0.2) is 61.0 Å². The predicted molar refractivity (Wildman–Crippen MR) is 117 cm³/mol. The highest BCUT2D eigenvalue weighted by Gasteiger charge is 2.32. The lowest BCUT2D eigenvalue weighted by atomic mass is 9.94. The molecule has 0 aliphatic carbocycles. The summed E-state index contributed by atoms with van der Waals surface area (Å²) in [7, 11) is 1.67. The average molecular weight is 441 g/mol. The number of hydrogen-bond donors (Lipinski definition) is 5. The molecule has 4 atom stereocenters. The summed E-state index contributed by atoms with van der Waals surface area (Å²) in [6.45, 7) is 5.36. The van der Waals surface area contributed by atoms with Crippen molar-refractivity contribution in [1.82, 2.24) is 16.0 Å². The van der Waals surface area contributed by atoms with Crippen molar-refractivity contribution in [3.05, 3.63) is 34.9 Å². The van der Waals surface area contributed by atoms with E-state index < -0.39 is 35.9 Å². The maximum Gasteiger partial charge on any atom is 0.245 e. The van der Waals surface area contributed by atoms with Crippen molar-refractivity contribution >= 4 is 29.2 Å². The van der Waals surface area contributed by atoms with Gasteiger partial charge in [0.2, 0.25) is 11.8 Å². The van der Waals surface area contributed by atoms with Gasteiger partial charge >= 0.3 is 0 Å². The van der Waals surface area contributed by atoms with E-state index in [0.717, 1.165) is 0 Å². The van der Waals surface area contributed by atoms with E-state index in [9.17, 15) is 19.5 Å². The summed E-state index contributed by atoms with van der Waals surface area (Å²) in [6, 6.07) is 4.90. The topological polar surface area (TPSA) is 134 Å². The van der Waals surface area contributed by atoms with E-state index in [1.54, 1.807) is 45.2 Å². The Kier molecular flexibility index (Phi) is 11.0. The molecular weight excluding hydrogens is 408 g/mol. The number of aliphatic hydroxyl groups is 1. The first-order valence-electron chi connectivity index (χ1n) is 10.1. The number of halogens is 1. The quantitative estimate of drug-likeness (QED) is 0.322. The first kappa shape index (κ1) is 26.0. The predicted octanol–water partition coefficient (Wildman–Crippen LogP) is 0.567. The minimum atomic E-state index is -1.24. The highest BCUT2D eigenvalue weighted by molar-refractivity contribution is 6.31. The van der Waals surface area contributed by atoms with Crippen molar-refractivity contribution in [2.24, 2.45) is 11.7 Å². The normalized spacial score (nSPS) is 15.2. The molecule has 2 amide bonds. The van der Waals surface area contributed by atoms with Crippen LogP contribution in [0.3, 0.4) is 0 Å². The van der Waals surface area contributed by atoms with Gasteiger partial charge in [-0.05, 0) is 38.6 Å². The zero-order chi connectivity index (χ0) is 22.8. The number of rotatable bonds is 12. The maximum absolute atomic E-state index is 13.0. The maximum atomic E-state index is 13.0. The Morgan fingerprint density at radius 1 is 1.10 bits per heavy atom. The lowest BCUT2D eigenvalue weighted by Crippen LogP contribution is -2.58. The summed E-state index contributed by atoms with van der Waals surface area (Å²) in [5.41, 5.74) is 6.26. The molecule has 1 aromatic carbocycles. The Morgan fingerprint density at radius 3 is 2.23 bits per heavy atom. The van der Waals surface area contributed by atoms with Crippen molar-refractivity contribution in [3.63, 3.8) is 0 Å². The van der Waals surface area contributed by atoms with Gasteiger partial charge in [-0.25, -0.2) is 0 Å². The van der Waals surface area contributed by atoms with E-state index in [2.05, 4.69) is 16.0 Å². The average Bonchev–Trinajstić information content (AvgIpc) is 2.69. The first-order chi connectivity index (χ1) is 14.1. The van der Waals surface area contributed by atoms with Gasteiger partial charge in [-0.2, -0.15) is 0 Å². The van der Waals surface area contributed by atoms with E-state index in [-0.39, 0.29) is 24.8 Å². The van der Waals surface area contributed by atoms with E-state index in [1.807, 2.05) is 0 Å². The number of carbonyl (C=O) groups is 3. The molecule has 0 aromatic heterocycles. The summed E-state index contributed by atoms with van der Waals surface area (Å²) >= 11 is 6.23. The molecule has 0 saturated carbocycles. The Balaban J connectivity index is 3.03. The Labute approximate surface area is 182 Å². The second-order valence-electron chi connectivity index (χ2n) is 7.55. The highest BCUT2D eigenvalue weighted by Crippen LogP contribution is 2.27. The van der Waals surface area contributed by atoms with Crippen LogP contribution in [0.25, 0.3) is 0 Å². The fourth-order valence-electron chi connectivity index (χ4n) is 3.10. The molecule has 1 rings (SSSR count). The van der Waals surface area contributed by atoms with Gasteiger partial charge in [0.05, 0.1) is 12.0 Å². The number of hydrogen-bond acceptors (Lipinski definition) is 6. The fourth-order valence-corrected chi connectivity index (χ4v) is 3.37. The molecule has 0 radical (unpaired) electrons. The van der Waals surface area contributed by atoms with Crippen LogP contribution in [0.1, 0.15) is 38.7 Å². The van der Waals surface area contributed by atoms with Gasteiger partial charge < -0.3 is 26.8 Å². The molecule has 30 heavy (non-hydrogen) atoms. The SMILES string of the molecule is CNC[C@H](NC(=O)[C@@H](NC(=O)C(CCN)c1ccccc1Cl)C(C)O)C(=O)C(C)C. The molecule has 0 bridgehead atoms. The third kappa shape index (κ3) is 7.36. The minimum Gasteiger partial charge on any atom is -0.391 e. The smallest absolute Gasteiger partial charge is 0.245 e.